The van der Waals surface area contributed by atoms with Crippen LogP contribution in [-0.4, -0.2) is 18.5 Å². The standard InChI is InChI=1S/C14H28N2O/c1-5-14(6-7-14)10-16-12(17)8-11(15)9-13(2,3)4/h11H,5-10,15H2,1-4H3,(H,16,17). The predicted octanol–water partition coefficient (Wildman–Crippen LogP) is 2.45. The monoisotopic (exact) mass is 240 g/mol. The van der Waals surface area contributed by atoms with Gasteiger partial charge >= 0.3 is 0 Å². The lowest BCUT2D eigenvalue weighted by molar-refractivity contribution is -0.121. The molecule has 0 bridgehead atoms. The minimum absolute atomic E-state index is 0.0215. The Labute approximate surface area is 106 Å². The maximum absolute atomic E-state index is 11.7. The Morgan fingerprint density at radius 3 is 2.41 bits per heavy atom. The summed E-state index contributed by atoms with van der Waals surface area (Å²) in [6.45, 7) is 9.50. The summed E-state index contributed by atoms with van der Waals surface area (Å²) >= 11 is 0. The van der Waals surface area contributed by atoms with Crippen LogP contribution in [0.1, 0.15) is 59.8 Å². The third-order valence-corrected chi connectivity index (χ3v) is 3.69. The Hall–Kier alpha value is -0.570. The Kier molecular flexibility index (Phi) is 4.59. The highest BCUT2D eigenvalue weighted by atomic mass is 16.1. The van der Waals surface area contributed by atoms with Gasteiger partial charge in [0.25, 0.3) is 0 Å². The van der Waals surface area contributed by atoms with Crippen LogP contribution in [0.5, 0.6) is 0 Å². The molecule has 0 aliphatic heterocycles. The fraction of sp³-hybridized carbons (Fsp3) is 0.929. The summed E-state index contributed by atoms with van der Waals surface area (Å²) in [7, 11) is 0. The van der Waals surface area contributed by atoms with Crippen LogP contribution in [0.2, 0.25) is 0 Å². The van der Waals surface area contributed by atoms with Crippen molar-refractivity contribution in [2.45, 2.75) is 65.8 Å². The van der Waals surface area contributed by atoms with Crippen molar-refractivity contribution in [2.24, 2.45) is 16.6 Å². The third-order valence-electron chi connectivity index (χ3n) is 3.69. The molecule has 0 spiro atoms. The first-order valence-corrected chi connectivity index (χ1v) is 6.79. The van der Waals surface area contributed by atoms with Gasteiger partial charge in [0, 0.05) is 19.0 Å². The number of carbonyl (C=O) groups is 1. The molecule has 3 N–H and O–H groups in total. The van der Waals surface area contributed by atoms with Gasteiger partial charge in [-0.25, -0.2) is 0 Å². The molecule has 1 fully saturated rings. The highest BCUT2D eigenvalue weighted by molar-refractivity contribution is 5.76. The summed E-state index contributed by atoms with van der Waals surface area (Å²) in [6.07, 6.45) is 5.04. The zero-order chi connectivity index (χ0) is 13.1. The number of hydrogen-bond acceptors (Lipinski definition) is 2. The van der Waals surface area contributed by atoms with Crippen LogP contribution in [0.4, 0.5) is 0 Å². The van der Waals surface area contributed by atoms with Gasteiger partial charge in [0.15, 0.2) is 0 Å². The van der Waals surface area contributed by atoms with E-state index in [-0.39, 0.29) is 17.4 Å². The van der Waals surface area contributed by atoms with Crippen LogP contribution in [0.3, 0.4) is 0 Å². The van der Waals surface area contributed by atoms with Crippen LogP contribution in [0, 0.1) is 10.8 Å². The molecule has 17 heavy (non-hydrogen) atoms. The van der Waals surface area contributed by atoms with Gasteiger partial charge in [0.2, 0.25) is 5.91 Å². The fourth-order valence-corrected chi connectivity index (χ4v) is 2.29. The Bertz CT molecular complexity index is 264. The molecule has 1 amide bonds. The summed E-state index contributed by atoms with van der Waals surface area (Å²) in [5, 5.41) is 3.03. The molecular weight excluding hydrogens is 212 g/mol. The van der Waals surface area contributed by atoms with E-state index in [1.165, 1.54) is 19.3 Å². The Morgan fingerprint density at radius 1 is 1.41 bits per heavy atom. The van der Waals surface area contributed by atoms with Gasteiger partial charge in [0.1, 0.15) is 0 Å². The normalized spacial score (nSPS) is 19.8. The van der Waals surface area contributed by atoms with Gasteiger partial charge in [-0.05, 0) is 36.5 Å². The summed E-state index contributed by atoms with van der Waals surface area (Å²) in [5.41, 5.74) is 6.60. The minimum atomic E-state index is -0.0215. The Balaban J connectivity index is 2.20. The molecule has 0 radical (unpaired) electrons. The predicted molar refractivity (Wildman–Crippen MR) is 71.6 cm³/mol. The average molecular weight is 240 g/mol. The lowest BCUT2D eigenvalue weighted by atomic mass is 9.87. The zero-order valence-corrected chi connectivity index (χ0v) is 11.8. The zero-order valence-electron chi connectivity index (χ0n) is 11.8. The van der Waals surface area contributed by atoms with Crippen molar-refractivity contribution in [2.75, 3.05) is 6.54 Å². The molecule has 3 heteroatoms. The van der Waals surface area contributed by atoms with Crippen molar-refractivity contribution < 1.29 is 4.79 Å². The van der Waals surface area contributed by atoms with Gasteiger partial charge < -0.3 is 11.1 Å². The van der Waals surface area contributed by atoms with E-state index in [1.807, 2.05) is 0 Å². The summed E-state index contributed by atoms with van der Waals surface area (Å²) in [4.78, 5) is 11.7. The SMILES string of the molecule is CCC1(CNC(=O)CC(N)CC(C)(C)C)CC1. The molecule has 0 aromatic rings. The molecule has 0 heterocycles. The molecule has 1 aliphatic carbocycles. The van der Waals surface area contributed by atoms with Gasteiger partial charge in [-0.3, -0.25) is 4.79 Å². The van der Waals surface area contributed by atoms with E-state index in [9.17, 15) is 4.79 Å². The van der Waals surface area contributed by atoms with Gasteiger partial charge in [-0.1, -0.05) is 27.7 Å². The van der Waals surface area contributed by atoms with Crippen molar-refractivity contribution in [3.63, 3.8) is 0 Å². The van der Waals surface area contributed by atoms with Crippen LogP contribution in [-0.2, 0) is 4.79 Å². The second kappa shape index (κ2) is 5.38. The van der Waals surface area contributed by atoms with E-state index in [0.717, 1.165) is 13.0 Å². The number of nitrogens with two attached hydrogens (primary N) is 1. The minimum Gasteiger partial charge on any atom is -0.355 e. The molecule has 1 atom stereocenters. The van der Waals surface area contributed by atoms with Crippen LogP contribution in [0.15, 0.2) is 0 Å². The topological polar surface area (TPSA) is 55.1 Å². The first kappa shape index (κ1) is 14.5. The lowest BCUT2D eigenvalue weighted by Gasteiger charge is -2.23. The van der Waals surface area contributed by atoms with E-state index in [1.54, 1.807) is 0 Å². The number of rotatable bonds is 6. The van der Waals surface area contributed by atoms with Crippen LogP contribution < -0.4 is 11.1 Å². The van der Waals surface area contributed by atoms with Gasteiger partial charge in [-0.2, -0.15) is 0 Å². The molecule has 1 aliphatic rings. The smallest absolute Gasteiger partial charge is 0.221 e. The third kappa shape index (κ3) is 5.53. The van der Waals surface area contributed by atoms with Crippen molar-refractivity contribution >= 4 is 5.91 Å². The largest absolute Gasteiger partial charge is 0.355 e. The summed E-state index contributed by atoms with van der Waals surface area (Å²) < 4.78 is 0. The van der Waals surface area contributed by atoms with E-state index in [2.05, 4.69) is 33.0 Å². The second-order valence-electron chi connectivity index (χ2n) is 6.86. The van der Waals surface area contributed by atoms with E-state index in [4.69, 9.17) is 5.73 Å². The second-order valence-corrected chi connectivity index (χ2v) is 6.86. The van der Waals surface area contributed by atoms with Crippen LogP contribution >= 0.6 is 0 Å². The molecule has 100 valence electrons. The Morgan fingerprint density at radius 2 is 2.00 bits per heavy atom. The van der Waals surface area contributed by atoms with Crippen molar-refractivity contribution in [1.29, 1.82) is 0 Å². The van der Waals surface area contributed by atoms with Gasteiger partial charge in [0.05, 0.1) is 0 Å². The molecule has 1 rings (SSSR count). The van der Waals surface area contributed by atoms with Crippen molar-refractivity contribution in [1.82, 2.24) is 5.32 Å². The lowest BCUT2D eigenvalue weighted by Crippen LogP contribution is -2.36. The van der Waals surface area contributed by atoms with Crippen molar-refractivity contribution in [3.05, 3.63) is 0 Å². The van der Waals surface area contributed by atoms with Crippen LogP contribution in [0.25, 0.3) is 0 Å². The molecule has 1 unspecified atom stereocenters. The molecule has 0 aromatic heterocycles. The highest BCUT2D eigenvalue weighted by Crippen LogP contribution is 2.47. The molecule has 3 nitrogen and oxygen atoms in total. The van der Waals surface area contributed by atoms with Crippen molar-refractivity contribution in [3.8, 4) is 0 Å². The maximum atomic E-state index is 11.7. The maximum Gasteiger partial charge on any atom is 0.221 e. The number of amides is 1. The van der Waals surface area contributed by atoms with E-state index < -0.39 is 0 Å². The molecule has 0 saturated heterocycles. The summed E-state index contributed by atoms with van der Waals surface area (Å²) in [5.74, 6) is 0.112. The fourth-order valence-electron chi connectivity index (χ4n) is 2.29. The first-order valence-electron chi connectivity index (χ1n) is 6.79. The quantitative estimate of drug-likeness (QED) is 0.749. The van der Waals surface area contributed by atoms with E-state index in [0.29, 0.717) is 11.8 Å². The number of carbonyl (C=O) groups excluding carboxylic acids is 1. The number of hydrogen-bond donors (Lipinski definition) is 2. The highest BCUT2D eigenvalue weighted by Gasteiger charge is 2.40. The average Bonchev–Trinajstić information content (AvgIpc) is 2.92. The molecule has 1 saturated carbocycles. The first-order chi connectivity index (χ1) is 7.76. The number of nitrogens with one attached hydrogen (secondary N) is 1. The van der Waals surface area contributed by atoms with Gasteiger partial charge in [-0.15, -0.1) is 0 Å². The summed E-state index contributed by atoms with van der Waals surface area (Å²) in [6, 6.07) is -0.0215. The van der Waals surface area contributed by atoms with E-state index >= 15 is 0 Å². The molecule has 0 aromatic carbocycles. The molecular formula is C14H28N2O.